The van der Waals surface area contributed by atoms with E-state index in [2.05, 4.69) is 15.3 Å². The Kier molecular flexibility index (Phi) is 4.69. The molecule has 15 heavy (non-hydrogen) atoms. The predicted octanol–water partition coefficient (Wildman–Crippen LogP) is 4.91. The van der Waals surface area contributed by atoms with Crippen LogP contribution in [-0.2, 0) is 0 Å². The van der Waals surface area contributed by atoms with Crippen LogP contribution in [-0.4, -0.2) is 0 Å². The van der Waals surface area contributed by atoms with E-state index in [9.17, 15) is 0 Å². The first-order valence-electron chi connectivity index (χ1n) is 6.83. The first-order chi connectivity index (χ1) is 7.36. The minimum absolute atomic E-state index is 0.908. The smallest absolute Gasteiger partial charge is 0.0166 e. The molecule has 0 bridgehead atoms. The summed E-state index contributed by atoms with van der Waals surface area (Å²) in [4.78, 5) is 0. The van der Waals surface area contributed by atoms with Crippen LogP contribution in [0.1, 0.15) is 64.2 Å². The summed E-state index contributed by atoms with van der Waals surface area (Å²) in [5, 5.41) is 1.64. The van der Waals surface area contributed by atoms with Gasteiger partial charge >= 0.3 is 0 Å². The summed E-state index contributed by atoms with van der Waals surface area (Å²) in [5.74, 6) is 1.82. The van der Waals surface area contributed by atoms with Crippen molar-refractivity contribution in [3.05, 3.63) is 11.4 Å². The maximum atomic E-state index is 3.03. The molecular formula is C14H25P. The van der Waals surface area contributed by atoms with Crippen molar-refractivity contribution >= 4 is 9.24 Å². The van der Waals surface area contributed by atoms with Gasteiger partial charge in [0.25, 0.3) is 0 Å². The van der Waals surface area contributed by atoms with Gasteiger partial charge in [0.05, 0.1) is 0 Å². The van der Waals surface area contributed by atoms with E-state index in [4.69, 9.17) is 0 Å². The van der Waals surface area contributed by atoms with Gasteiger partial charge in [-0.05, 0) is 37.5 Å². The van der Waals surface area contributed by atoms with Crippen molar-refractivity contribution in [3.63, 3.8) is 0 Å². The maximum Gasteiger partial charge on any atom is -0.0166 e. The molecule has 0 nitrogen and oxygen atoms in total. The van der Waals surface area contributed by atoms with Gasteiger partial charge in [0.2, 0.25) is 0 Å². The lowest BCUT2D eigenvalue weighted by molar-refractivity contribution is 0.397. The summed E-state index contributed by atoms with van der Waals surface area (Å²) in [7, 11) is 3.03. The minimum atomic E-state index is 0.908. The fourth-order valence-electron chi connectivity index (χ4n) is 3.15. The van der Waals surface area contributed by atoms with Crippen LogP contribution in [0.3, 0.4) is 0 Å². The molecule has 0 radical (unpaired) electrons. The Hall–Kier alpha value is 0.170. The van der Waals surface area contributed by atoms with Gasteiger partial charge in [-0.1, -0.05) is 49.9 Å². The molecule has 86 valence electrons. The molecule has 2 aliphatic rings. The fourth-order valence-corrected chi connectivity index (χ4v) is 3.75. The van der Waals surface area contributed by atoms with Crippen LogP contribution >= 0.6 is 9.24 Å². The lowest BCUT2D eigenvalue weighted by Crippen LogP contribution is -2.09. The summed E-state index contributed by atoms with van der Waals surface area (Å²) in [6.07, 6.45) is 17.2. The third-order valence-electron chi connectivity index (χ3n) is 4.15. The molecule has 0 spiro atoms. The molecule has 1 atom stereocenters. The Labute approximate surface area is 97.1 Å². The standard InChI is InChI=1S/C14H25P/c15-14(13-9-5-2-6-10-13)11-12-7-3-1-4-8-12/h11-13H,1-10,15H2. The zero-order valence-electron chi connectivity index (χ0n) is 9.88. The summed E-state index contributed by atoms with van der Waals surface area (Å²) >= 11 is 0. The average Bonchev–Trinajstić information content (AvgIpc) is 2.31. The molecule has 0 aromatic carbocycles. The second kappa shape index (κ2) is 6.04. The van der Waals surface area contributed by atoms with E-state index in [1.807, 2.05) is 0 Å². The van der Waals surface area contributed by atoms with Crippen LogP contribution in [0.25, 0.3) is 0 Å². The first-order valence-corrected chi connectivity index (χ1v) is 7.41. The molecule has 0 heterocycles. The summed E-state index contributed by atoms with van der Waals surface area (Å²) in [6, 6.07) is 0. The van der Waals surface area contributed by atoms with Crippen molar-refractivity contribution in [1.82, 2.24) is 0 Å². The van der Waals surface area contributed by atoms with Gasteiger partial charge in [0, 0.05) is 0 Å². The third-order valence-corrected chi connectivity index (χ3v) is 4.82. The molecule has 2 rings (SSSR count). The van der Waals surface area contributed by atoms with E-state index >= 15 is 0 Å². The molecule has 1 heteroatoms. The van der Waals surface area contributed by atoms with Gasteiger partial charge in [0.1, 0.15) is 0 Å². The van der Waals surface area contributed by atoms with Gasteiger partial charge in [-0.15, -0.1) is 9.24 Å². The van der Waals surface area contributed by atoms with E-state index in [0.29, 0.717) is 0 Å². The number of allylic oxidation sites excluding steroid dienone is 2. The highest BCUT2D eigenvalue weighted by molar-refractivity contribution is 7.22. The molecule has 0 saturated heterocycles. The van der Waals surface area contributed by atoms with Crippen molar-refractivity contribution in [3.8, 4) is 0 Å². The Balaban J connectivity index is 1.86. The summed E-state index contributed by atoms with van der Waals surface area (Å²) < 4.78 is 0. The van der Waals surface area contributed by atoms with E-state index in [1.165, 1.54) is 64.2 Å². The molecule has 2 fully saturated rings. The molecule has 0 aliphatic heterocycles. The van der Waals surface area contributed by atoms with E-state index in [-0.39, 0.29) is 0 Å². The molecule has 0 aromatic rings. The van der Waals surface area contributed by atoms with Crippen molar-refractivity contribution in [1.29, 1.82) is 0 Å². The van der Waals surface area contributed by atoms with E-state index < -0.39 is 0 Å². The van der Waals surface area contributed by atoms with Crippen LogP contribution in [0.15, 0.2) is 11.4 Å². The predicted molar refractivity (Wildman–Crippen MR) is 70.9 cm³/mol. The highest BCUT2D eigenvalue weighted by Gasteiger charge is 2.17. The highest BCUT2D eigenvalue weighted by Crippen LogP contribution is 2.35. The van der Waals surface area contributed by atoms with Gasteiger partial charge < -0.3 is 0 Å². The summed E-state index contributed by atoms with van der Waals surface area (Å²) in [6.45, 7) is 0. The van der Waals surface area contributed by atoms with Gasteiger partial charge in [-0.2, -0.15) is 0 Å². The fraction of sp³-hybridized carbons (Fsp3) is 0.857. The molecule has 0 aromatic heterocycles. The zero-order valence-corrected chi connectivity index (χ0v) is 11.0. The average molecular weight is 224 g/mol. The van der Waals surface area contributed by atoms with Crippen molar-refractivity contribution in [2.75, 3.05) is 0 Å². The monoisotopic (exact) mass is 224 g/mol. The Morgan fingerprint density at radius 3 is 1.93 bits per heavy atom. The van der Waals surface area contributed by atoms with Crippen molar-refractivity contribution in [2.24, 2.45) is 11.8 Å². The van der Waals surface area contributed by atoms with Crippen LogP contribution in [0.2, 0.25) is 0 Å². The molecule has 1 unspecified atom stereocenters. The van der Waals surface area contributed by atoms with Gasteiger partial charge in [-0.3, -0.25) is 0 Å². The second-order valence-electron chi connectivity index (χ2n) is 5.40. The second-order valence-corrected chi connectivity index (χ2v) is 6.07. The lowest BCUT2D eigenvalue weighted by atomic mass is 9.85. The Morgan fingerprint density at radius 1 is 0.800 bits per heavy atom. The quantitative estimate of drug-likeness (QED) is 0.585. The molecule has 2 saturated carbocycles. The molecule has 2 aliphatic carbocycles. The van der Waals surface area contributed by atoms with Gasteiger partial charge in [-0.25, -0.2) is 0 Å². The zero-order chi connectivity index (χ0) is 10.5. The topological polar surface area (TPSA) is 0 Å². The third kappa shape index (κ3) is 3.59. The summed E-state index contributed by atoms with van der Waals surface area (Å²) in [5.41, 5.74) is 0. The molecule has 0 N–H and O–H groups in total. The first kappa shape index (κ1) is 11.6. The van der Waals surface area contributed by atoms with Crippen LogP contribution < -0.4 is 0 Å². The van der Waals surface area contributed by atoms with E-state index in [0.717, 1.165) is 11.8 Å². The Morgan fingerprint density at radius 2 is 1.33 bits per heavy atom. The van der Waals surface area contributed by atoms with Crippen LogP contribution in [0.5, 0.6) is 0 Å². The minimum Gasteiger partial charge on any atom is -0.110 e. The number of hydrogen-bond acceptors (Lipinski definition) is 0. The molecule has 0 amide bonds. The number of rotatable bonds is 2. The van der Waals surface area contributed by atoms with Gasteiger partial charge in [0.15, 0.2) is 0 Å². The SMILES string of the molecule is PC(=CC1CCCCC1)C1CCCCC1. The van der Waals surface area contributed by atoms with Crippen LogP contribution in [0.4, 0.5) is 0 Å². The largest absolute Gasteiger partial charge is 0.110 e. The van der Waals surface area contributed by atoms with Crippen molar-refractivity contribution in [2.45, 2.75) is 64.2 Å². The van der Waals surface area contributed by atoms with Crippen LogP contribution in [0, 0.1) is 11.8 Å². The lowest BCUT2D eigenvalue weighted by Gasteiger charge is -2.25. The number of hydrogen-bond donors (Lipinski definition) is 0. The Bertz CT molecular complexity index is 207. The van der Waals surface area contributed by atoms with E-state index in [1.54, 1.807) is 5.31 Å². The highest BCUT2D eigenvalue weighted by atomic mass is 31.0. The van der Waals surface area contributed by atoms with Crippen molar-refractivity contribution < 1.29 is 0 Å². The normalized spacial score (nSPS) is 26.9. The maximum absolute atomic E-state index is 3.03. The molecular weight excluding hydrogens is 199 g/mol.